The minimum Gasteiger partial charge on any atom is -0.489 e. The lowest BCUT2D eigenvalue weighted by Gasteiger charge is -2.59. The summed E-state index contributed by atoms with van der Waals surface area (Å²) in [6.07, 6.45) is 8.07. The summed E-state index contributed by atoms with van der Waals surface area (Å²) >= 11 is 5.94. The predicted molar refractivity (Wildman–Crippen MR) is 217 cm³/mol. The van der Waals surface area contributed by atoms with Crippen LogP contribution < -0.4 is 9.47 Å². The van der Waals surface area contributed by atoms with Crippen molar-refractivity contribution in [2.75, 3.05) is 39.4 Å². The maximum absolute atomic E-state index is 14.7. The molecule has 57 heavy (non-hydrogen) atoms. The minimum absolute atomic E-state index is 0.0259. The number of amides is 1. The van der Waals surface area contributed by atoms with Gasteiger partial charge in [0.2, 0.25) is 5.79 Å². The second kappa shape index (κ2) is 20.3. The molecule has 6 unspecified atom stereocenters. The third kappa shape index (κ3) is 9.66. The Labute approximate surface area is 339 Å². The maximum Gasteiger partial charge on any atom is 0.410 e. The molecule has 0 radical (unpaired) electrons. The zero-order chi connectivity index (χ0) is 40.2. The van der Waals surface area contributed by atoms with E-state index in [0.717, 1.165) is 42.4 Å². The molecule has 6 atom stereocenters. The SMILES string of the molecule is C=CCOC12Oc3ccc(OCc4ccccc4F)cc3C3C(CCCCO)C(CCCCO)C=C(C(=NOCc4ccccc4)CC1N(C)C(=O)OCCCl)C32. The van der Waals surface area contributed by atoms with Crippen LogP contribution in [-0.2, 0) is 27.5 Å². The van der Waals surface area contributed by atoms with Crippen LogP contribution in [0.5, 0.6) is 11.5 Å². The van der Waals surface area contributed by atoms with Gasteiger partial charge in [0.25, 0.3) is 0 Å². The van der Waals surface area contributed by atoms with Crippen LogP contribution in [0.2, 0.25) is 0 Å². The molecule has 2 N–H and O–H groups in total. The van der Waals surface area contributed by atoms with Gasteiger partial charge >= 0.3 is 6.09 Å². The molecule has 1 aliphatic heterocycles. The summed E-state index contributed by atoms with van der Waals surface area (Å²) in [5, 5.41) is 24.5. The van der Waals surface area contributed by atoms with Gasteiger partial charge in [-0.3, -0.25) is 0 Å². The monoisotopic (exact) mass is 804 g/mol. The standard InChI is InChI=1S/C45H54ClFN2O8/c1-3-24-55-45-41(49(2)44(52)53-25-21-46)28-39(48-56-29-31-13-5-4-6-14-31)36-26-32(15-9-11-22-50)35(17-10-12-23-51)42(43(36)45)37-27-34(19-20-40(37)57-45)54-30-33-16-7-8-18-38(33)47/h3-8,13-14,16,18-20,26-27,32,35,41-43,50-51H,1,9-12,15,17,21-25,28-30H2,2H3. The van der Waals surface area contributed by atoms with Gasteiger partial charge in [-0.1, -0.05) is 78.7 Å². The fourth-order valence-electron chi connectivity index (χ4n) is 8.71. The van der Waals surface area contributed by atoms with E-state index < -0.39 is 23.8 Å². The molecular formula is C45H54ClFN2O8. The first-order chi connectivity index (χ1) is 27.8. The molecule has 1 heterocycles. The quantitative estimate of drug-likeness (QED) is 0.0505. The van der Waals surface area contributed by atoms with Crippen molar-refractivity contribution in [3.8, 4) is 11.5 Å². The zero-order valence-corrected chi connectivity index (χ0v) is 33.3. The fourth-order valence-corrected chi connectivity index (χ4v) is 8.79. The first kappa shape index (κ1) is 42.2. The third-order valence-electron chi connectivity index (χ3n) is 11.3. The van der Waals surface area contributed by atoms with E-state index in [1.807, 2.05) is 42.5 Å². The first-order valence-corrected chi connectivity index (χ1v) is 20.4. The molecule has 0 aromatic heterocycles. The van der Waals surface area contributed by atoms with Crippen molar-refractivity contribution >= 4 is 23.4 Å². The molecule has 1 saturated carbocycles. The Morgan fingerprint density at radius 2 is 1.79 bits per heavy atom. The summed E-state index contributed by atoms with van der Waals surface area (Å²) in [4.78, 5) is 21.3. The van der Waals surface area contributed by atoms with Crippen LogP contribution in [0.1, 0.15) is 67.6 Å². The molecule has 12 heteroatoms. The van der Waals surface area contributed by atoms with Crippen molar-refractivity contribution in [2.24, 2.45) is 22.9 Å². The van der Waals surface area contributed by atoms with E-state index in [9.17, 15) is 19.4 Å². The molecule has 306 valence electrons. The number of carbonyl (C=O) groups is 1. The number of carbonyl (C=O) groups excluding carboxylic acids is 1. The molecule has 3 aromatic carbocycles. The lowest BCUT2D eigenvalue weighted by molar-refractivity contribution is -0.253. The highest BCUT2D eigenvalue weighted by Crippen LogP contribution is 2.61. The Hall–Kier alpha value is -4.42. The van der Waals surface area contributed by atoms with E-state index in [-0.39, 0.29) is 75.5 Å². The van der Waals surface area contributed by atoms with Crippen molar-refractivity contribution < 1.29 is 43.2 Å². The van der Waals surface area contributed by atoms with Crippen LogP contribution in [-0.4, -0.2) is 78.1 Å². The molecule has 3 aliphatic rings. The number of ether oxygens (including phenoxy) is 4. The number of alkyl halides is 1. The van der Waals surface area contributed by atoms with Gasteiger partial charge in [0.1, 0.15) is 43.2 Å². The number of oxime groups is 1. The van der Waals surface area contributed by atoms with Crippen LogP contribution in [0, 0.1) is 23.6 Å². The molecule has 1 fully saturated rings. The van der Waals surface area contributed by atoms with Crippen molar-refractivity contribution in [1.82, 2.24) is 4.90 Å². The maximum atomic E-state index is 14.7. The van der Waals surface area contributed by atoms with Crippen LogP contribution in [0.25, 0.3) is 0 Å². The minimum atomic E-state index is -1.42. The number of unbranched alkanes of at least 4 members (excludes halogenated alkanes) is 2. The fraction of sp³-hybridized carbons (Fsp3) is 0.467. The summed E-state index contributed by atoms with van der Waals surface area (Å²) in [5.41, 5.74) is 3.87. The smallest absolute Gasteiger partial charge is 0.410 e. The van der Waals surface area contributed by atoms with E-state index in [2.05, 4.69) is 12.7 Å². The molecule has 6 rings (SSSR count). The Bertz CT molecular complexity index is 1860. The van der Waals surface area contributed by atoms with Crippen LogP contribution in [0.4, 0.5) is 9.18 Å². The zero-order valence-electron chi connectivity index (χ0n) is 32.6. The van der Waals surface area contributed by atoms with Crippen molar-refractivity contribution in [3.05, 3.63) is 120 Å². The van der Waals surface area contributed by atoms with Gasteiger partial charge in [0, 0.05) is 43.7 Å². The van der Waals surface area contributed by atoms with Gasteiger partial charge in [-0.15, -0.1) is 18.2 Å². The number of hydrogen-bond acceptors (Lipinski definition) is 9. The van der Waals surface area contributed by atoms with E-state index in [1.54, 1.807) is 37.4 Å². The molecule has 2 aliphatic carbocycles. The van der Waals surface area contributed by atoms with E-state index in [4.69, 9.17) is 40.5 Å². The van der Waals surface area contributed by atoms with Gasteiger partial charge in [0.05, 0.1) is 24.1 Å². The summed E-state index contributed by atoms with van der Waals surface area (Å²) in [6, 6.07) is 21.2. The van der Waals surface area contributed by atoms with Gasteiger partial charge in [-0.2, -0.15) is 0 Å². The van der Waals surface area contributed by atoms with E-state index >= 15 is 0 Å². The highest BCUT2D eigenvalue weighted by molar-refractivity contribution is 6.18. The highest BCUT2D eigenvalue weighted by Gasteiger charge is 2.65. The summed E-state index contributed by atoms with van der Waals surface area (Å²) in [5.74, 6) is -1.17. The number of likely N-dealkylation sites (N-methyl/N-ethyl adjacent to an activating group) is 1. The second-order valence-electron chi connectivity index (χ2n) is 14.8. The summed E-state index contributed by atoms with van der Waals surface area (Å²) in [6.45, 7) is 4.56. The number of allylic oxidation sites excluding steroid dienone is 1. The van der Waals surface area contributed by atoms with Crippen LogP contribution in [0.3, 0.4) is 0 Å². The van der Waals surface area contributed by atoms with Crippen molar-refractivity contribution in [3.63, 3.8) is 0 Å². The molecule has 3 aromatic rings. The van der Waals surface area contributed by atoms with Crippen LogP contribution in [0.15, 0.2) is 102 Å². The molecule has 1 amide bonds. The molecule has 0 saturated heterocycles. The van der Waals surface area contributed by atoms with Gasteiger partial charge in [-0.05, 0) is 72.9 Å². The van der Waals surface area contributed by atoms with Crippen LogP contribution >= 0.6 is 11.6 Å². The third-order valence-corrected chi connectivity index (χ3v) is 11.5. The molecule has 0 spiro atoms. The number of benzene rings is 3. The number of aliphatic hydroxyl groups excluding tert-OH is 2. The molecule has 0 bridgehead atoms. The number of nitrogens with zero attached hydrogens (tertiary/aromatic N) is 2. The number of halogens is 2. The van der Waals surface area contributed by atoms with Gasteiger partial charge in [-0.25, -0.2) is 9.18 Å². The second-order valence-corrected chi connectivity index (χ2v) is 15.2. The van der Waals surface area contributed by atoms with Crippen molar-refractivity contribution in [2.45, 2.75) is 75.9 Å². The molecular weight excluding hydrogens is 751 g/mol. The average Bonchev–Trinajstić information content (AvgIpc) is 3.23. The van der Waals surface area contributed by atoms with E-state index in [1.165, 1.54) is 11.0 Å². The Morgan fingerprint density at radius 3 is 2.53 bits per heavy atom. The number of aliphatic hydroxyl groups is 2. The number of hydrogen-bond donors (Lipinski definition) is 2. The Morgan fingerprint density at radius 1 is 1.04 bits per heavy atom. The van der Waals surface area contributed by atoms with Gasteiger partial charge in [0.15, 0.2) is 0 Å². The highest BCUT2D eigenvalue weighted by atomic mass is 35.5. The average molecular weight is 805 g/mol. The Balaban J connectivity index is 1.52. The number of fused-ring (bicyclic) bond motifs is 2. The normalized spacial score (nSPS) is 24.1. The lowest BCUT2D eigenvalue weighted by Crippen LogP contribution is -2.69. The summed E-state index contributed by atoms with van der Waals surface area (Å²) < 4.78 is 40.5. The number of rotatable bonds is 20. The first-order valence-electron chi connectivity index (χ1n) is 19.9. The van der Waals surface area contributed by atoms with E-state index in [0.29, 0.717) is 35.6 Å². The Kier molecular flexibility index (Phi) is 15.0. The predicted octanol–water partition coefficient (Wildman–Crippen LogP) is 8.55. The van der Waals surface area contributed by atoms with Crippen molar-refractivity contribution in [1.29, 1.82) is 0 Å². The topological polar surface area (TPSA) is 119 Å². The van der Waals surface area contributed by atoms with Gasteiger partial charge < -0.3 is 38.9 Å². The lowest BCUT2D eigenvalue weighted by atomic mass is 9.55. The largest absolute Gasteiger partial charge is 0.489 e. The summed E-state index contributed by atoms with van der Waals surface area (Å²) in [7, 11) is 1.67. The molecule has 10 nitrogen and oxygen atoms in total.